The highest BCUT2D eigenvalue weighted by molar-refractivity contribution is 5.89. The van der Waals surface area contributed by atoms with Crippen molar-refractivity contribution in [3.05, 3.63) is 34.0 Å². The Hall–Kier alpha value is -2.39. The molecule has 1 aliphatic rings. The van der Waals surface area contributed by atoms with Crippen molar-refractivity contribution in [1.82, 2.24) is 26.3 Å². The van der Waals surface area contributed by atoms with Gasteiger partial charge in [0, 0.05) is 37.2 Å². The zero-order valence-corrected chi connectivity index (χ0v) is 18.0. The number of aromatic nitrogens is 2. The van der Waals surface area contributed by atoms with Gasteiger partial charge in [-0.3, -0.25) is 9.59 Å². The quantitative estimate of drug-likeness (QED) is 0.616. The van der Waals surface area contributed by atoms with Gasteiger partial charge in [-0.1, -0.05) is 10.3 Å². The fourth-order valence-electron chi connectivity index (χ4n) is 3.59. The van der Waals surface area contributed by atoms with Crippen LogP contribution in [0.2, 0.25) is 0 Å². The molecule has 3 rings (SSSR count). The van der Waals surface area contributed by atoms with Crippen LogP contribution in [0.5, 0.6) is 0 Å². The fraction of sp³-hybridized carbons (Fsp3) is 0.579. The van der Waals surface area contributed by atoms with Gasteiger partial charge in [0.15, 0.2) is 0 Å². The molecule has 1 saturated heterocycles. The molecule has 160 valence electrons. The first-order valence-electron chi connectivity index (χ1n) is 9.41. The summed E-state index contributed by atoms with van der Waals surface area (Å²) in [4.78, 5) is 25.5. The van der Waals surface area contributed by atoms with E-state index in [1.54, 1.807) is 0 Å². The Balaban J connectivity index is 0.00000300. The van der Waals surface area contributed by atoms with E-state index in [9.17, 15) is 9.59 Å². The van der Waals surface area contributed by atoms with Gasteiger partial charge in [0.2, 0.25) is 11.8 Å². The Labute approximate surface area is 175 Å². The maximum absolute atomic E-state index is 13.0. The molecule has 0 saturated carbocycles. The van der Waals surface area contributed by atoms with Crippen molar-refractivity contribution in [3.63, 3.8) is 0 Å². The third kappa shape index (κ3) is 4.97. The molecule has 1 atom stereocenters. The van der Waals surface area contributed by atoms with Crippen molar-refractivity contribution >= 4 is 24.2 Å². The fourth-order valence-corrected chi connectivity index (χ4v) is 3.59. The third-order valence-corrected chi connectivity index (χ3v) is 5.47. The van der Waals surface area contributed by atoms with E-state index in [1.807, 2.05) is 27.7 Å². The Morgan fingerprint density at radius 2 is 1.55 bits per heavy atom. The van der Waals surface area contributed by atoms with E-state index in [4.69, 9.17) is 9.05 Å². The summed E-state index contributed by atoms with van der Waals surface area (Å²) in [7, 11) is 0. The van der Waals surface area contributed by atoms with Gasteiger partial charge in [0.1, 0.15) is 11.5 Å². The van der Waals surface area contributed by atoms with Crippen molar-refractivity contribution < 1.29 is 18.6 Å². The van der Waals surface area contributed by atoms with Gasteiger partial charge in [-0.2, -0.15) is 0 Å². The topological polar surface area (TPSA) is 122 Å². The normalized spacial score (nSPS) is 18.3. The maximum Gasteiger partial charge on any atom is 0.228 e. The van der Waals surface area contributed by atoms with Crippen LogP contribution in [0.4, 0.5) is 0 Å². The van der Waals surface area contributed by atoms with E-state index in [0.717, 1.165) is 22.5 Å². The summed E-state index contributed by atoms with van der Waals surface area (Å²) in [5.74, 6) is 1.07. The van der Waals surface area contributed by atoms with Gasteiger partial charge in [-0.25, -0.2) is 0 Å². The molecule has 9 nitrogen and oxygen atoms in total. The zero-order chi connectivity index (χ0) is 20.3. The number of nitrogens with zero attached hydrogens (tertiary/aromatic N) is 2. The highest BCUT2D eigenvalue weighted by atomic mass is 35.5. The predicted molar refractivity (Wildman–Crippen MR) is 107 cm³/mol. The molecular formula is C19H28ClN5O4. The molecule has 29 heavy (non-hydrogen) atoms. The van der Waals surface area contributed by atoms with Crippen LogP contribution in [0.15, 0.2) is 9.05 Å². The second-order valence-electron chi connectivity index (χ2n) is 7.45. The third-order valence-electron chi connectivity index (χ3n) is 5.47. The van der Waals surface area contributed by atoms with Crippen molar-refractivity contribution in [3.8, 4) is 0 Å². The van der Waals surface area contributed by atoms with Gasteiger partial charge >= 0.3 is 0 Å². The summed E-state index contributed by atoms with van der Waals surface area (Å²) in [5.41, 5.74) is 2.50. The summed E-state index contributed by atoms with van der Waals surface area (Å²) in [5, 5.41) is 16.8. The Kier molecular flexibility index (Phi) is 7.43. The van der Waals surface area contributed by atoms with Crippen LogP contribution in [0.25, 0.3) is 0 Å². The lowest BCUT2D eigenvalue weighted by atomic mass is 9.82. The lowest BCUT2D eigenvalue weighted by Gasteiger charge is -2.26. The molecule has 0 aromatic carbocycles. The Morgan fingerprint density at radius 1 is 1.00 bits per heavy atom. The van der Waals surface area contributed by atoms with Gasteiger partial charge in [-0.15, -0.1) is 12.4 Å². The second kappa shape index (κ2) is 9.41. The summed E-state index contributed by atoms with van der Waals surface area (Å²) in [6.45, 7) is 9.15. The molecule has 1 fully saturated rings. The second-order valence-corrected chi connectivity index (χ2v) is 7.45. The first kappa shape index (κ1) is 22.9. The van der Waals surface area contributed by atoms with Gasteiger partial charge in [0.25, 0.3) is 0 Å². The van der Waals surface area contributed by atoms with Gasteiger partial charge in [0.05, 0.1) is 16.8 Å². The van der Waals surface area contributed by atoms with E-state index in [-0.39, 0.29) is 30.6 Å². The molecule has 2 aromatic heterocycles. The number of carbonyl (C=O) groups is 2. The number of rotatable bonds is 7. The first-order valence-corrected chi connectivity index (χ1v) is 9.41. The summed E-state index contributed by atoms with van der Waals surface area (Å²) >= 11 is 0. The molecule has 0 aliphatic carbocycles. The molecule has 0 radical (unpaired) electrons. The molecule has 10 heteroatoms. The number of amides is 2. The van der Waals surface area contributed by atoms with E-state index >= 15 is 0 Å². The number of nitrogens with one attached hydrogen (secondary N) is 3. The Bertz CT molecular complexity index is 831. The van der Waals surface area contributed by atoms with Crippen LogP contribution >= 0.6 is 12.4 Å². The Morgan fingerprint density at radius 3 is 2.00 bits per heavy atom. The van der Waals surface area contributed by atoms with Crippen LogP contribution in [0, 0.1) is 33.1 Å². The van der Waals surface area contributed by atoms with Gasteiger partial charge < -0.3 is 25.0 Å². The lowest BCUT2D eigenvalue weighted by Crippen LogP contribution is -2.45. The minimum absolute atomic E-state index is 0. The number of aryl methyl sites for hydroxylation is 4. The first-order chi connectivity index (χ1) is 13.3. The number of carbonyl (C=O) groups excluding carboxylic acids is 2. The molecule has 2 amide bonds. The van der Waals surface area contributed by atoms with Crippen molar-refractivity contribution in [1.29, 1.82) is 0 Å². The van der Waals surface area contributed by atoms with Crippen LogP contribution in [-0.2, 0) is 22.7 Å². The van der Waals surface area contributed by atoms with Crippen LogP contribution in [0.3, 0.4) is 0 Å². The molecule has 0 bridgehead atoms. The number of hydrogen-bond donors (Lipinski definition) is 3. The van der Waals surface area contributed by atoms with E-state index in [1.165, 1.54) is 0 Å². The standard InChI is InChI=1S/C19H27N5O4.ClH/c1-11-15(13(3)27-23-11)8-21-17(25)7-19(5-6-20-10-19)18(26)22-9-16-12(2)24-28-14(16)4;/h20H,5-10H2,1-4H3,(H,21,25)(H,22,26);1H. The molecule has 0 spiro atoms. The zero-order valence-electron chi connectivity index (χ0n) is 17.2. The molecule has 1 unspecified atom stereocenters. The highest BCUT2D eigenvalue weighted by Gasteiger charge is 2.43. The van der Waals surface area contributed by atoms with Crippen LogP contribution in [-0.4, -0.2) is 35.2 Å². The summed E-state index contributed by atoms with van der Waals surface area (Å²) < 4.78 is 10.3. The number of halogens is 1. The van der Waals surface area contributed by atoms with E-state index in [0.29, 0.717) is 44.1 Å². The van der Waals surface area contributed by atoms with Crippen LogP contribution < -0.4 is 16.0 Å². The van der Waals surface area contributed by atoms with Crippen molar-refractivity contribution in [2.45, 2.75) is 53.6 Å². The molecule has 3 heterocycles. The van der Waals surface area contributed by atoms with Gasteiger partial charge in [-0.05, 0) is 40.7 Å². The summed E-state index contributed by atoms with van der Waals surface area (Å²) in [6.07, 6.45) is 0.732. The van der Waals surface area contributed by atoms with Crippen LogP contribution in [0.1, 0.15) is 46.9 Å². The minimum Gasteiger partial charge on any atom is -0.361 e. The molecule has 2 aromatic rings. The lowest BCUT2D eigenvalue weighted by molar-refractivity contribution is -0.135. The SMILES string of the molecule is Cc1noc(C)c1CNC(=O)CC1(C(=O)NCc2c(C)noc2C)CCNC1.Cl. The number of hydrogen-bond acceptors (Lipinski definition) is 7. The molecular weight excluding hydrogens is 398 g/mol. The van der Waals surface area contributed by atoms with Crippen molar-refractivity contribution in [2.75, 3.05) is 13.1 Å². The molecule has 1 aliphatic heterocycles. The molecule has 3 N–H and O–H groups in total. The summed E-state index contributed by atoms with van der Waals surface area (Å²) in [6, 6.07) is 0. The average molecular weight is 426 g/mol. The monoisotopic (exact) mass is 425 g/mol. The van der Waals surface area contributed by atoms with E-state index in [2.05, 4.69) is 26.3 Å². The van der Waals surface area contributed by atoms with Crippen molar-refractivity contribution in [2.24, 2.45) is 5.41 Å². The maximum atomic E-state index is 13.0. The van der Waals surface area contributed by atoms with E-state index < -0.39 is 5.41 Å². The predicted octanol–water partition coefficient (Wildman–Crippen LogP) is 1.62. The highest BCUT2D eigenvalue weighted by Crippen LogP contribution is 2.30. The average Bonchev–Trinajstić information content (AvgIpc) is 3.34. The largest absolute Gasteiger partial charge is 0.361 e. The smallest absolute Gasteiger partial charge is 0.228 e. The minimum atomic E-state index is -0.762.